The molecule has 0 aromatic heterocycles. The van der Waals surface area contributed by atoms with Crippen LogP contribution in [0.2, 0.25) is 0 Å². The summed E-state index contributed by atoms with van der Waals surface area (Å²) in [6, 6.07) is 31.3. The molecule has 0 aliphatic heterocycles. The number of unbranched alkanes of at least 4 members (excludes halogenated alkanes) is 15. The van der Waals surface area contributed by atoms with E-state index in [0.29, 0.717) is 13.2 Å². The molecule has 2 atom stereocenters. The van der Waals surface area contributed by atoms with Crippen LogP contribution in [0.15, 0.2) is 104 Å². The lowest BCUT2D eigenvalue weighted by molar-refractivity contribution is -0.110. The van der Waals surface area contributed by atoms with E-state index in [1.165, 1.54) is 77.0 Å². The van der Waals surface area contributed by atoms with E-state index in [1.807, 2.05) is 24.3 Å². The van der Waals surface area contributed by atoms with Gasteiger partial charge < -0.3 is 14.6 Å². The molecule has 0 amide bonds. The Morgan fingerprint density at radius 1 is 0.596 bits per heavy atom. The lowest BCUT2D eigenvalue weighted by Crippen LogP contribution is -2.40. The predicted molar refractivity (Wildman–Crippen MR) is 200 cm³/mol. The van der Waals surface area contributed by atoms with Crippen molar-refractivity contribution >= 4 is 0 Å². The number of allylic oxidation sites excluding steroid dienone is 1. The van der Waals surface area contributed by atoms with Crippen LogP contribution in [0.5, 0.6) is 0 Å². The zero-order chi connectivity index (χ0) is 33.3. The monoisotopic (exact) mass is 640 g/mol. The first kappa shape index (κ1) is 38.7. The number of ether oxygens (including phenoxy) is 2. The minimum absolute atomic E-state index is 0.292. The number of benzene rings is 3. The molecule has 0 saturated carbocycles. The van der Waals surface area contributed by atoms with Gasteiger partial charge in [-0.25, -0.2) is 0 Å². The topological polar surface area (TPSA) is 38.7 Å². The Labute approximate surface area is 287 Å². The van der Waals surface area contributed by atoms with Crippen molar-refractivity contribution in [2.24, 2.45) is 0 Å². The predicted octanol–water partition coefficient (Wildman–Crippen LogP) is 12.0. The zero-order valence-electron chi connectivity index (χ0n) is 29.5. The van der Waals surface area contributed by atoms with Gasteiger partial charge in [-0.3, -0.25) is 0 Å². The Kier molecular flexibility index (Phi) is 20.1. The van der Waals surface area contributed by atoms with Gasteiger partial charge in [-0.2, -0.15) is 0 Å². The fourth-order valence-electron chi connectivity index (χ4n) is 6.61. The Morgan fingerprint density at radius 2 is 1.02 bits per heavy atom. The van der Waals surface area contributed by atoms with Gasteiger partial charge in [0.1, 0.15) is 11.7 Å². The average molecular weight is 641 g/mol. The molecule has 3 aromatic carbocycles. The third-order valence-corrected chi connectivity index (χ3v) is 9.42. The van der Waals surface area contributed by atoms with Crippen molar-refractivity contribution in [3.63, 3.8) is 0 Å². The van der Waals surface area contributed by atoms with Crippen molar-refractivity contribution < 1.29 is 14.6 Å². The van der Waals surface area contributed by atoms with Crippen molar-refractivity contribution in [3.05, 3.63) is 120 Å². The van der Waals surface area contributed by atoms with E-state index < -0.39 is 17.8 Å². The highest BCUT2D eigenvalue weighted by atomic mass is 16.6. The van der Waals surface area contributed by atoms with Crippen LogP contribution >= 0.6 is 0 Å². The first-order valence-electron chi connectivity index (χ1n) is 18.9. The fraction of sp³-hybridized carbons (Fsp3) is 0.545. The molecule has 0 fully saturated rings. The normalized spacial score (nSPS) is 13.0. The van der Waals surface area contributed by atoms with Crippen molar-refractivity contribution in [2.45, 2.75) is 140 Å². The number of aliphatic hydroxyl groups excluding tert-OH is 1. The molecule has 2 unspecified atom stereocenters. The van der Waals surface area contributed by atoms with Crippen molar-refractivity contribution in [2.75, 3.05) is 13.2 Å². The molecule has 0 radical (unpaired) electrons. The standard InChI is InChI=1S/C44H64O3/c1-3-5-7-9-10-11-12-13-14-15-16-17-18-28-36-42(45)43(46-37-29-8-6-4-2)38-47-44(39-30-22-19-23-31-39,40-32-24-20-25-33-40)41-34-26-21-27-35-41/h4,19-27,30-35,42-43,45H,2-3,5-18,28-29,36-38H2,1H3. The molecule has 3 nitrogen and oxygen atoms in total. The summed E-state index contributed by atoms with van der Waals surface area (Å²) in [4.78, 5) is 0. The van der Waals surface area contributed by atoms with Gasteiger partial charge in [-0.05, 0) is 42.4 Å². The van der Waals surface area contributed by atoms with Crippen molar-refractivity contribution in [1.82, 2.24) is 0 Å². The van der Waals surface area contributed by atoms with Gasteiger partial charge in [-0.15, -0.1) is 6.58 Å². The minimum atomic E-state index is -0.830. The maximum atomic E-state index is 11.5. The summed E-state index contributed by atoms with van der Waals surface area (Å²) in [5.74, 6) is 0. The molecule has 258 valence electrons. The maximum absolute atomic E-state index is 11.5. The molecule has 1 N–H and O–H groups in total. The number of rotatable bonds is 28. The van der Waals surface area contributed by atoms with E-state index in [0.717, 1.165) is 55.2 Å². The second-order valence-electron chi connectivity index (χ2n) is 13.2. The van der Waals surface area contributed by atoms with E-state index in [1.54, 1.807) is 0 Å². The smallest absolute Gasteiger partial charge is 0.143 e. The van der Waals surface area contributed by atoms with E-state index in [-0.39, 0.29) is 0 Å². The summed E-state index contributed by atoms with van der Waals surface area (Å²) in [7, 11) is 0. The highest BCUT2D eigenvalue weighted by Gasteiger charge is 2.39. The molecule has 0 saturated heterocycles. The Morgan fingerprint density at radius 3 is 1.45 bits per heavy atom. The van der Waals surface area contributed by atoms with Crippen LogP contribution in [0, 0.1) is 0 Å². The van der Waals surface area contributed by atoms with Crippen LogP contribution in [0.1, 0.15) is 139 Å². The number of aliphatic hydroxyl groups is 1. The summed E-state index contributed by atoms with van der Waals surface area (Å²) in [5, 5.41) is 11.5. The molecule has 3 aromatic rings. The fourth-order valence-corrected chi connectivity index (χ4v) is 6.61. The van der Waals surface area contributed by atoms with E-state index in [9.17, 15) is 5.11 Å². The van der Waals surface area contributed by atoms with Crippen LogP contribution in [-0.2, 0) is 15.1 Å². The highest BCUT2D eigenvalue weighted by Crippen LogP contribution is 2.40. The molecule has 0 aliphatic carbocycles. The first-order chi connectivity index (χ1) is 23.2. The summed E-state index contributed by atoms with van der Waals surface area (Å²) >= 11 is 0. The van der Waals surface area contributed by atoms with Gasteiger partial charge in [-0.1, -0.05) is 194 Å². The maximum Gasteiger partial charge on any atom is 0.143 e. The van der Waals surface area contributed by atoms with Crippen LogP contribution in [0.25, 0.3) is 0 Å². The Bertz CT molecular complexity index is 1050. The van der Waals surface area contributed by atoms with Crippen LogP contribution in [0.3, 0.4) is 0 Å². The second-order valence-corrected chi connectivity index (χ2v) is 13.2. The molecule has 0 aliphatic rings. The lowest BCUT2D eigenvalue weighted by Gasteiger charge is -2.37. The molecule has 0 spiro atoms. The zero-order valence-corrected chi connectivity index (χ0v) is 29.5. The van der Waals surface area contributed by atoms with Gasteiger partial charge in [0, 0.05) is 6.61 Å². The number of hydrogen-bond acceptors (Lipinski definition) is 3. The third kappa shape index (κ3) is 14.1. The van der Waals surface area contributed by atoms with Crippen LogP contribution in [-0.4, -0.2) is 30.5 Å². The first-order valence-corrected chi connectivity index (χ1v) is 18.9. The molecule has 3 heteroatoms. The van der Waals surface area contributed by atoms with E-state index in [2.05, 4.69) is 86.3 Å². The lowest BCUT2D eigenvalue weighted by atomic mass is 9.80. The van der Waals surface area contributed by atoms with Gasteiger partial charge in [0.15, 0.2) is 0 Å². The van der Waals surface area contributed by atoms with Crippen molar-refractivity contribution in [1.29, 1.82) is 0 Å². The molecule has 47 heavy (non-hydrogen) atoms. The summed E-state index contributed by atoms with van der Waals surface area (Å²) < 4.78 is 13.5. The average Bonchev–Trinajstić information content (AvgIpc) is 3.12. The summed E-state index contributed by atoms with van der Waals surface area (Å²) in [6.07, 6.45) is 23.2. The largest absolute Gasteiger partial charge is 0.390 e. The molecule has 0 heterocycles. The third-order valence-electron chi connectivity index (χ3n) is 9.42. The number of hydrogen-bond donors (Lipinski definition) is 1. The van der Waals surface area contributed by atoms with Gasteiger partial charge in [0.2, 0.25) is 0 Å². The molecular formula is C44H64O3. The Balaban J connectivity index is 1.57. The van der Waals surface area contributed by atoms with E-state index >= 15 is 0 Å². The molecule has 3 rings (SSSR count). The second kappa shape index (κ2) is 24.4. The minimum Gasteiger partial charge on any atom is -0.390 e. The van der Waals surface area contributed by atoms with E-state index in [4.69, 9.17) is 9.47 Å². The van der Waals surface area contributed by atoms with Gasteiger partial charge >= 0.3 is 0 Å². The van der Waals surface area contributed by atoms with Gasteiger partial charge in [0.25, 0.3) is 0 Å². The summed E-state index contributed by atoms with van der Waals surface area (Å²) in [5.41, 5.74) is 2.35. The summed E-state index contributed by atoms with van der Waals surface area (Å²) in [6.45, 7) is 7.03. The molecule has 0 bridgehead atoms. The van der Waals surface area contributed by atoms with Crippen molar-refractivity contribution in [3.8, 4) is 0 Å². The van der Waals surface area contributed by atoms with Crippen LogP contribution < -0.4 is 0 Å². The Hall–Kier alpha value is -2.72. The molecular weight excluding hydrogens is 576 g/mol. The highest BCUT2D eigenvalue weighted by molar-refractivity contribution is 5.47. The van der Waals surface area contributed by atoms with Gasteiger partial charge in [0.05, 0.1) is 12.7 Å². The quantitative estimate of drug-likeness (QED) is 0.0487. The SMILES string of the molecule is C=CCCCCOC(COC(c1ccccc1)(c1ccccc1)c1ccccc1)C(O)CCCCCCCCCCCCCCCC. The van der Waals surface area contributed by atoms with Crippen LogP contribution in [0.4, 0.5) is 0 Å².